The van der Waals surface area contributed by atoms with Crippen LogP contribution in [0.4, 0.5) is 11.4 Å². The quantitative estimate of drug-likeness (QED) is 0.362. The van der Waals surface area contributed by atoms with Gasteiger partial charge in [0.15, 0.2) is 0 Å². The van der Waals surface area contributed by atoms with Crippen LogP contribution >= 0.6 is 0 Å². The maximum absolute atomic E-state index is 2.37. The van der Waals surface area contributed by atoms with Gasteiger partial charge in [-0.2, -0.15) is 0 Å². The van der Waals surface area contributed by atoms with Crippen molar-refractivity contribution in [2.45, 2.75) is 19.3 Å². The van der Waals surface area contributed by atoms with Gasteiger partial charge in [0.1, 0.15) is 0 Å². The molecule has 0 saturated carbocycles. The number of fused-ring (bicyclic) bond motifs is 6. The van der Waals surface area contributed by atoms with Gasteiger partial charge in [0, 0.05) is 23.8 Å². The van der Waals surface area contributed by atoms with E-state index in [0.717, 1.165) is 0 Å². The predicted octanol–water partition coefficient (Wildman–Crippen LogP) is 6.40. The van der Waals surface area contributed by atoms with Crippen molar-refractivity contribution in [1.82, 2.24) is 0 Å². The zero-order valence-electron chi connectivity index (χ0n) is 14.9. The van der Waals surface area contributed by atoms with Crippen LogP contribution in [-0.4, -0.2) is 7.05 Å². The van der Waals surface area contributed by atoms with E-state index in [2.05, 4.69) is 98.6 Å². The third-order valence-electron chi connectivity index (χ3n) is 5.79. The summed E-state index contributed by atoms with van der Waals surface area (Å²) in [6, 6.07) is 26.5. The summed E-state index contributed by atoms with van der Waals surface area (Å²) in [4.78, 5) is 2.36. The SMILES string of the molecule is CN1c2ccc3ccccc3c2C(C)(C)c2c1ccc1ccccc21. The van der Waals surface area contributed by atoms with Crippen LogP contribution in [-0.2, 0) is 5.41 Å². The molecule has 0 unspecified atom stereocenters. The minimum atomic E-state index is -0.0566. The standard InChI is InChI=1S/C24H21N/c1-24(2)22-18-10-6-4-8-16(18)12-14-20(22)25(3)21-15-13-17-9-5-7-11-19(17)23(21)24/h4-15H,1-3H3. The molecule has 0 aliphatic carbocycles. The molecule has 0 amide bonds. The van der Waals surface area contributed by atoms with Crippen molar-refractivity contribution in [3.05, 3.63) is 83.9 Å². The lowest BCUT2D eigenvalue weighted by atomic mass is 9.70. The summed E-state index contributed by atoms with van der Waals surface area (Å²) in [6.07, 6.45) is 0. The minimum Gasteiger partial charge on any atom is -0.344 e. The van der Waals surface area contributed by atoms with Crippen LogP contribution in [0, 0.1) is 0 Å². The van der Waals surface area contributed by atoms with Gasteiger partial charge in [-0.15, -0.1) is 0 Å². The van der Waals surface area contributed by atoms with Gasteiger partial charge in [-0.3, -0.25) is 0 Å². The number of rotatable bonds is 0. The van der Waals surface area contributed by atoms with Crippen LogP contribution in [0.2, 0.25) is 0 Å². The Morgan fingerprint density at radius 2 is 1.04 bits per heavy atom. The fraction of sp³-hybridized carbons (Fsp3) is 0.167. The molecule has 1 aliphatic rings. The molecule has 0 atom stereocenters. The Morgan fingerprint density at radius 1 is 0.600 bits per heavy atom. The topological polar surface area (TPSA) is 3.24 Å². The van der Waals surface area contributed by atoms with Crippen LogP contribution < -0.4 is 4.90 Å². The van der Waals surface area contributed by atoms with Gasteiger partial charge in [0.25, 0.3) is 0 Å². The summed E-state index contributed by atoms with van der Waals surface area (Å²) in [6.45, 7) is 4.74. The van der Waals surface area contributed by atoms with Crippen LogP contribution in [0.5, 0.6) is 0 Å². The van der Waals surface area contributed by atoms with Crippen molar-refractivity contribution >= 4 is 32.9 Å². The molecule has 4 aromatic carbocycles. The molecule has 4 aromatic rings. The molecule has 0 radical (unpaired) electrons. The number of anilines is 2. The molecule has 5 rings (SSSR count). The first-order chi connectivity index (χ1) is 12.1. The number of nitrogens with zero attached hydrogens (tertiary/aromatic N) is 1. The molecule has 0 N–H and O–H groups in total. The van der Waals surface area contributed by atoms with E-state index < -0.39 is 0 Å². The lowest BCUT2D eigenvalue weighted by molar-refractivity contribution is 0.642. The Labute approximate surface area is 148 Å². The molecule has 1 nitrogen and oxygen atoms in total. The predicted molar refractivity (Wildman–Crippen MR) is 108 cm³/mol. The lowest BCUT2D eigenvalue weighted by Gasteiger charge is -2.42. The largest absolute Gasteiger partial charge is 0.344 e. The van der Waals surface area contributed by atoms with Crippen LogP contribution in [0.15, 0.2) is 72.8 Å². The van der Waals surface area contributed by atoms with E-state index >= 15 is 0 Å². The number of benzene rings is 4. The number of hydrogen-bond acceptors (Lipinski definition) is 1. The molecule has 1 aliphatic heterocycles. The summed E-state index contributed by atoms with van der Waals surface area (Å²) in [5.41, 5.74) is 5.42. The first-order valence-corrected chi connectivity index (χ1v) is 8.87. The maximum atomic E-state index is 2.37. The Bertz CT molecular complexity index is 1050. The van der Waals surface area contributed by atoms with E-state index in [9.17, 15) is 0 Å². The third kappa shape index (κ3) is 1.84. The van der Waals surface area contributed by atoms with E-state index in [1.165, 1.54) is 44.0 Å². The first kappa shape index (κ1) is 14.5. The highest BCUT2D eigenvalue weighted by Crippen LogP contribution is 2.52. The normalized spacial score (nSPS) is 15.2. The number of hydrogen-bond donors (Lipinski definition) is 0. The third-order valence-corrected chi connectivity index (χ3v) is 5.79. The van der Waals surface area contributed by atoms with E-state index in [-0.39, 0.29) is 5.41 Å². The molecular formula is C24H21N. The first-order valence-electron chi connectivity index (χ1n) is 8.87. The van der Waals surface area contributed by atoms with E-state index in [4.69, 9.17) is 0 Å². The van der Waals surface area contributed by atoms with Gasteiger partial charge < -0.3 is 4.90 Å². The Balaban J connectivity index is 1.96. The van der Waals surface area contributed by atoms with Gasteiger partial charge in [-0.05, 0) is 44.8 Å². The summed E-state index contributed by atoms with van der Waals surface area (Å²) in [5, 5.41) is 5.34. The van der Waals surface area contributed by atoms with Gasteiger partial charge in [-0.1, -0.05) is 74.5 Å². The zero-order chi connectivity index (χ0) is 17.2. The monoisotopic (exact) mass is 323 g/mol. The Hall–Kier alpha value is -2.80. The van der Waals surface area contributed by atoms with Crippen LogP contribution in [0.25, 0.3) is 21.5 Å². The molecule has 1 heteroatoms. The Kier molecular flexibility index (Phi) is 2.82. The molecular weight excluding hydrogens is 302 g/mol. The van der Waals surface area contributed by atoms with Crippen molar-refractivity contribution in [2.24, 2.45) is 0 Å². The average Bonchev–Trinajstić information content (AvgIpc) is 2.64. The zero-order valence-corrected chi connectivity index (χ0v) is 14.9. The molecule has 25 heavy (non-hydrogen) atoms. The second-order valence-corrected chi connectivity index (χ2v) is 7.55. The molecule has 0 aromatic heterocycles. The Morgan fingerprint density at radius 3 is 1.52 bits per heavy atom. The highest BCUT2D eigenvalue weighted by atomic mass is 15.1. The molecule has 0 spiro atoms. The van der Waals surface area contributed by atoms with E-state index in [1.54, 1.807) is 0 Å². The molecule has 122 valence electrons. The van der Waals surface area contributed by atoms with Crippen molar-refractivity contribution in [3.8, 4) is 0 Å². The fourth-order valence-electron chi connectivity index (χ4n) is 4.65. The minimum absolute atomic E-state index is 0.0566. The van der Waals surface area contributed by atoms with E-state index in [1.807, 2.05) is 0 Å². The molecule has 0 saturated heterocycles. The second kappa shape index (κ2) is 4.86. The van der Waals surface area contributed by atoms with Gasteiger partial charge in [0.2, 0.25) is 0 Å². The second-order valence-electron chi connectivity index (χ2n) is 7.55. The van der Waals surface area contributed by atoms with Crippen molar-refractivity contribution in [3.63, 3.8) is 0 Å². The molecule has 0 fully saturated rings. The van der Waals surface area contributed by atoms with Crippen LogP contribution in [0.3, 0.4) is 0 Å². The van der Waals surface area contributed by atoms with Gasteiger partial charge >= 0.3 is 0 Å². The lowest BCUT2D eigenvalue weighted by Crippen LogP contribution is -2.31. The van der Waals surface area contributed by atoms with Crippen molar-refractivity contribution in [1.29, 1.82) is 0 Å². The molecule has 1 heterocycles. The van der Waals surface area contributed by atoms with Crippen molar-refractivity contribution in [2.75, 3.05) is 11.9 Å². The molecule has 0 bridgehead atoms. The summed E-state index contributed by atoms with van der Waals surface area (Å²) in [5.74, 6) is 0. The smallest absolute Gasteiger partial charge is 0.0456 e. The average molecular weight is 323 g/mol. The van der Waals surface area contributed by atoms with Gasteiger partial charge in [0.05, 0.1) is 0 Å². The highest BCUT2D eigenvalue weighted by Gasteiger charge is 2.37. The highest BCUT2D eigenvalue weighted by molar-refractivity contribution is 6.00. The fourth-order valence-corrected chi connectivity index (χ4v) is 4.65. The maximum Gasteiger partial charge on any atom is 0.0456 e. The van der Waals surface area contributed by atoms with Crippen molar-refractivity contribution < 1.29 is 0 Å². The van der Waals surface area contributed by atoms with Gasteiger partial charge in [-0.25, -0.2) is 0 Å². The summed E-state index contributed by atoms with van der Waals surface area (Å²) in [7, 11) is 2.19. The van der Waals surface area contributed by atoms with E-state index in [0.29, 0.717) is 0 Å². The van der Waals surface area contributed by atoms with Crippen LogP contribution in [0.1, 0.15) is 25.0 Å². The summed E-state index contributed by atoms with van der Waals surface area (Å²) < 4.78 is 0. The summed E-state index contributed by atoms with van der Waals surface area (Å²) >= 11 is 0.